The number of hydrogen-bond donors (Lipinski definition) is 0. The molecule has 0 amide bonds. The van der Waals surface area contributed by atoms with Crippen LogP contribution in [0.15, 0.2) is 29.9 Å². The summed E-state index contributed by atoms with van der Waals surface area (Å²) in [6, 6.07) is 6.41. The van der Waals surface area contributed by atoms with Crippen molar-refractivity contribution >= 4 is 27.2 Å². The van der Waals surface area contributed by atoms with Gasteiger partial charge in [0, 0.05) is 24.9 Å². The van der Waals surface area contributed by atoms with E-state index in [1.54, 1.807) is 17.5 Å². The second-order valence-electron chi connectivity index (χ2n) is 7.24. The lowest BCUT2D eigenvalue weighted by Crippen LogP contribution is -2.22. The van der Waals surface area contributed by atoms with Crippen LogP contribution in [0, 0.1) is 17.2 Å². The molecular formula is C20H19N5OS. The van der Waals surface area contributed by atoms with Crippen molar-refractivity contribution in [1.82, 2.24) is 15.0 Å². The van der Waals surface area contributed by atoms with Gasteiger partial charge in [-0.25, -0.2) is 4.98 Å². The zero-order chi connectivity index (χ0) is 18.2. The highest BCUT2D eigenvalue weighted by molar-refractivity contribution is 7.17. The lowest BCUT2D eigenvalue weighted by Gasteiger charge is -2.18. The van der Waals surface area contributed by atoms with Gasteiger partial charge in [0.1, 0.15) is 17.5 Å². The summed E-state index contributed by atoms with van der Waals surface area (Å²) in [5.41, 5.74) is 2.65. The number of ether oxygens (including phenoxy) is 1. The summed E-state index contributed by atoms with van der Waals surface area (Å²) in [7, 11) is 0. The van der Waals surface area contributed by atoms with Gasteiger partial charge in [-0.2, -0.15) is 10.2 Å². The molecule has 0 spiro atoms. The molecule has 3 aromatic rings. The van der Waals surface area contributed by atoms with Gasteiger partial charge in [0.25, 0.3) is 0 Å². The van der Waals surface area contributed by atoms with Gasteiger partial charge in [0.15, 0.2) is 0 Å². The molecule has 1 saturated heterocycles. The van der Waals surface area contributed by atoms with E-state index in [4.69, 9.17) is 4.74 Å². The van der Waals surface area contributed by atoms with Gasteiger partial charge in [-0.05, 0) is 36.8 Å². The van der Waals surface area contributed by atoms with E-state index in [0.29, 0.717) is 29.9 Å². The Hall–Kier alpha value is -2.72. The first-order chi connectivity index (χ1) is 13.3. The van der Waals surface area contributed by atoms with E-state index in [1.807, 2.05) is 6.20 Å². The molecule has 2 fully saturated rings. The van der Waals surface area contributed by atoms with Crippen LogP contribution >= 0.6 is 11.3 Å². The van der Waals surface area contributed by atoms with E-state index in [1.165, 1.54) is 10.4 Å². The van der Waals surface area contributed by atoms with Gasteiger partial charge in [-0.15, -0.1) is 11.3 Å². The highest BCUT2D eigenvalue weighted by Gasteiger charge is 2.28. The van der Waals surface area contributed by atoms with Crippen LogP contribution in [0.1, 0.15) is 36.6 Å². The van der Waals surface area contributed by atoms with Crippen LogP contribution in [-0.4, -0.2) is 34.6 Å². The first-order valence-corrected chi connectivity index (χ1v) is 10.2. The van der Waals surface area contributed by atoms with Crippen molar-refractivity contribution in [2.24, 2.45) is 5.92 Å². The number of anilines is 1. The number of rotatable bonds is 5. The molecule has 0 N–H and O–H groups in total. The molecule has 1 aliphatic carbocycles. The topological polar surface area (TPSA) is 74.9 Å². The van der Waals surface area contributed by atoms with E-state index in [9.17, 15) is 5.26 Å². The SMILES string of the molecule is N#Cc1cnc(C2CC2)nc1OC[C@H]1CCN(c2cnc3ccsc3c2)C1. The summed E-state index contributed by atoms with van der Waals surface area (Å²) >= 11 is 1.72. The van der Waals surface area contributed by atoms with E-state index in [0.717, 1.165) is 43.7 Å². The Balaban J connectivity index is 1.25. The molecule has 6 nitrogen and oxygen atoms in total. The van der Waals surface area contributed by atoms with Crippen LogP contribution in [0.4, 0.5) is 5.69 Å². The standard InChI is InChI=1S/C20H19N5OS/c21-8-15-9-23-19(14-1-2-14)24-20(15)26-12-13-3-5-25(11-13)16-7-18-17(22-10-16)4-6-27-18/h4,6-7,9-10,13-14H,1-3,5,11-12H2/t13-/m0/s1. The predicted octanol–water partition coefficient (Wildman–Crippen LogP) is 3.74. The Morgan fingerprint density at radius 1 is 1.26 bits per heavy atom. The zero-order valence-electron chi connectivity index (χ0n) is 14.8. The fourth-order valence-corrected chi connectivity index (χ4v) is 4.29. The molecule has 4 heterocycles. The Morgan fingerprint density at radius 2 is 2.19 bits per heavy atom. The molecule has 27 heavy (non-hydrogen) atoms. The highest BCUT2D eigenvalue weighted by atomic mass is 32.1. The molecule has 2 aliphatic rings. The number of aromatic nitrogens is 3. The summed E-state index contributed by atoms with van der Waals surface area (Å²) in [5, 5.41) is 11.4. The Labute approximate surface area is 161 Å². The first-order valence-electron chi connectivity index (χ1n) is 9.28. The molecule has 0 bridgehead atoms. The van der Waals surface area contributed by atoms with Gasteiger partial charge in [0.05, 0.1) is 34.9 Å². The van der Waals surface area contributed by atoms with Crippen molar-refractivity contribution < 1.29 is 4.74 Å². The zero-order valence-corrected chi connectivity index (χ0v) is 15.7. The predicted molar refractivity (Wildman–Crippen MR) is 104 cm³/mol. The number of thiophene rings is 1. The molecular weight excluding hydrogens is 358 g/mol. The third-order valence-corrected chi connectivity index (χ3v) is 6.08. The minimum Gasteiger partial charge on any atom is -0.476 e. The number of pyridine rings is 1. The van der Waals surface area contributed by atoms with Crippen LogP contribution in [0.25, 0.3) is 10.2 Å². The second-order valence-corrected chi connectivity index (χ2v) is 8.19. The largest absolute Gasteiger partial charge is 0.476 e. The van der Waals surface area contributed by atoms with E-state index >= 15 is 0 Å². The molecule has 7 heteroatoms. The maximum absolute atomic E-state index is 9.29. The molecule has 0 aromatic carbocycles. The van der Waals surface area contributed by atoms with Crippen molar-refractivity contribution in [2.75, 3.05) is 24.6 Å². The van der Waals surface area contributed by atoms with E-state index in [-0.39, 0.29) is 0 Å². The third-order valence-electron chi connectivity index (χ3n) is 5.23. The van der Waals surface area contributed by atoms with Gasteiger partial charge < -0.3 is 9.64 Å². The van der Waals surface area contributed by atoms with Crippen LogP contribution in [0.5, 0.6) is 5.88 Å². The fraction of sp³-hybridized carbons (Fsp3) is 0.400. The molecule has 0 radical (unpaired) electrons. The van der Waals surface area contributed by atoms with Gasteiger partial charge in [-0.3, -0.25) is 4.98 Å². The maximum Gasteiger partial charge on any atom is 0.235 e. The van der Waals surface area contributed by atoms with Crippen LogP contribution in [-0.2, 0) is 0 Å². The van der Waals surface area contributed by atoms with Crippen LogP contribution in [0.3, 0.4) is 0 Å². The second kappa shape index (κ2) is 6.78. The smallest absolute Gasteiger partial charge is 0.235 e. The Kier molecular flexibility index (Phi) is 4.13. The number of nitrogens with zero attached hydrogens (tertiary/aromatic N) is 5. The highest BCUT2D eigenvalue weighted by Crippen LogP contribution is 2.38. The summed E-state index contributed by atoms with van der Waals surface area (Å²) < 4.78 is 7.18. The quantitative estimate of drug-likeness (QED) is 0.674. The summed E-state index contributed by atoms with van der Waals surface area (Å²) in [6.45, 7) is 2.50. The summed E-state index contributed by atoms with van der Waals surface area (Å²) in [6.07, 6.45) is 6.87. The summed E-state index contributed by atoms with van der Waals surface area (Å²) in [5.74, 6) is 2.11. The van der Waals surface area contributed by atoms with Crippen LogP contribution < -0.4 is 9.64 Å². The van der Waals surface area contributed by atoms with E-state index < -0.39 is 0 Å². The normalized spacial score (nSPS) is 19.4. The van der Waals surface area contributed by atoms with Crippen LogP contribution in [0.2, 0.25) is 0 Å². The maximum atomic E-state index is 9.29. The van der Waals surface area contributed by atoms with Gasteiger partial charge in [0.2, 0.25) is 5.88 Å². The van der Waals surface area contributed by atoms with Gasteiger partial charge in [-0.1, -0.05) is 0 Å². The van der Waals surface area contributed by atoms with E-state index in [2.05, 4.69) is 43.4 Å². The van der Waals surface area contributed by atoms with Crippen molar-refractivity contribution in [1.29, 1.82) is 5.26 Å². The Morgan fingerprint density at radius 3 is 3.04 bits per heavy atom. The number of fused-ring (bicyclic) bond motifs is 1. The van der Waals surface area contributed by atoms with Crippen molar-refractivity contribution in [3.05, 3.63) is 41.3 Å². The lowest BCUT2D eigenvalue weighted by atomic mass is 10.1. The monoisotopic (exact) mass is 377 g/mol. The average molecular weight is 377 g/mol. The molecule has 3 aromatic heterocycles. The first kappa shape index (κ1) is 16.5. The molecule has 1 atom stereocenters. The Bertz CT molecular complexity index is 1020. The average Bonchev–Trinajstić information content (AvgIpc) is 3.26. The number of nitriles is 1. The van der Waals surface area contributed by atoms with Gasteiger partial charge >= 0.3 is 0 Å². The van der Waals surface area contributed by atoms with Crippen molar-refractivity contribution in [2.45, 2.75) is 25.2 Å². The van der Waals surface area contributed by atoms with Crippen molar-refractivity contribution in [3.63, 3.8) is 0 Å². The molecule has 1 saturated carbocycles. The molecule has 5 rings (SSSR count). The lowest BCUT2D eigenvalue weighted by molar-refractivity contribution is 0.250. The fourth-order valence-electron chi connectivity index (χ4n) is 3.51. The molecule has 1 aliphatic heterocycles. The minimum absolute atomic E-state index is 0.412. The van der Waals surface area contributed by atoms with Crippen molar-refractivity contribution in [3.8, 4) is 11.9 Å². The molecule has 0 unspecified atom stereocenters. The number of hydrogen-bond acceptors (Lipinski definition) is 7. The summed E-state index contributed by atoms with van der Waals surface area (Å²) in [4.78, 5) is 15.7. The minimum atomic E-state index is 0.412. The third kappa shape index (κ3) is 3.33. The molecule has 136 valence electrons.